The monoisotopic (exact) mass is 138 g/mol. The summed E-state index contributed by atoms with van der Waals surface area (Å²) in [5.74, 6) is 0. The van der Waals surface area contributed by atoms with E-state index in [-0.39, 0.29) is 0 Å². The van der Waals surface area contributed by atoms with Crippen molar-refractivity contribution < 1.29 is 14.3 Å². The Morgan fingerprint density at radius 2 is 2.30 bits per heavy atom. The van der Waals surface area contributed by atoms with E-state index in [0.717, 1.165) is 0 Å². The Morgan fingerprint density at radius 3 is 3.00 bits per heavy atom. The molecule has 2 heterocycles. The van der Waals surface area contributed by atoms with Crippen LogP contribution in [0.25, 0.3) is 0 Å². The molecular weight excluding hydrogens is 134 g/mol. The molecule has 2 amide bonds. The molecule has 50 valence electrons. The van der Waals surface area contributed by atoms with Crippen molar-refractivity contribution in [1.82, 2.24) is 10.00 Å². The third-order valence-corrected chi connectivity index (χ3v) is 1.32. The summed E-state index contributed by atoms with van der Waals surface area (Å²) >= 11 is 0. The Labute approximate surface area is 55.8 Å². The van der Waals surface area contributed by atoms with Crippen LogP contribution in [0.3, 0.4) is 0 Å². The molecule has 1 N–H and O–H groups in total. The van der Waals surface area contributed by atoms with E-state index in [1.807, 2.05) is 0 Å². The highest BCUT2D eigenvalue weighted by atomic mass is 16.2. The molecule has 0 atom stereocenters. The van der Waals surface area contributed by atoms with Gasteiger partial charge in [-0.05, 0) is 0 Å². The number of imide groups is 1. The Morgan fingerprint density at radius 1 is 1.50 bits per heavy atom. The molecule has 5 heteroatoms. The van der Waals surface area contributed by atoms with Gasteiger partial charge >= 0.3 is 12.1 Å². The molecule has 0 saturated heterocycles. The molecule has 1 aliphatic heterocycles. The second-order valence-corrected chi connectivity index (χ2v) is 1.92. The number of carbonyl (C=O) groups excluding carboxylic acids is 2. The SMILES string of the molecule is O=C1NC(=O)[n+]2cccn21. The van der Waals surface area contributed by atoms with E-state index in [9.17, 15) is 9.59 Å². The zero-order valence-corrected chi connectivity index (χ0v) is 4.94. The van der Waals surface area contributed by atoms with Crippen LogP contribution >= 0.6 is 0 Å². The van der Waals surface area contributed by atoms with Crippen molar-refractivity contribution in [3.63, 3.8) is 0 Å². The molecule has 0 spiro atoms. The van der Waals surface area contributed by atoms with Crippen LogP contribution in [0.5, 0.6) is 0 Å². The van der Waals surface area contributed by atoms with E-state index in [2.05, 4.69) is 5.32 Å². The molecule has 5 nitrogen and oxygen atoms in total. The minimum atomic E-state index is -0.407. The summed E-state index contributed by atoms with van der Waals surface area (Å²) < 4.78 is 2.39. The predicted octanol–water partition coefficient (Wildman–Crippen LogP) is -0.685. The molecule has 2 rings (SSSR count). The van der Waals surface area contributed by atoms with E-state index < -0.39 is 12.1 Å². The maximum Gasteiger partial charge on any atom is 0.524 e. The fraction of sp³-hybridized carbons (Fsp3) is 0. The first kappa shape index (κ1) is 5.16. The number of amides is 2. The van der Waals surface area contributed by atoms with Crippen LogP contribution in [0.15, 0.2) is 18.5 Å². The Hall–Kier alpha value is -1.65. The fourth-order valence-electron chi connectivity index (χ4n) is 0.882. The third-order valence-electron chi connectivity index (χ3n) is 1.32. The van der Waals surface area contributed by atoms with Gasteiger partial charge in [0.15, 0.2) is 0 Å². The van der Waals surface area contributed by atoms with Crippen molar-refractivity contribution >= 4 is 12.1 Å². The van der Waals surface area contributed by atoms with E-state index >= 15 is 0 Å². The molecule has 1 aromatic rings. The summed E-state index contributed by atoms with van der Waals surface area (Å²) in [4.78, 5) is 21.5. The van der Waals surface area contributed by atoms with E-state index in [1.54, 1.807) is 6.07 Å². The first-order valence-corrected chi connectivity index (χ1v) is 2.74. The lowest BCUT2D eigenvalue weighted by molar-refractivity contribution is -0.639. The van der Waals surface area contributed by atoms with Gasteiger partial charge in [0, 0.05) is 6.07 Å². The number of aromatic nitrogens is 2. The second-order valence-electron chi connectivity index (χ2n) is 1.92. The summed E-state index contributed by atoms with van der Waals surface area (Å²) in [6, 6.07) is 0.807. The van der Waals surface area contributed by atoms with Gasteiger partial charge in [-0.3, -0.25) is 0 Å². The van der Waals surface area contributed by atoms with Gasteiger partial charge in [0.25, 0.3) is 0 Å². The lowest BCUT2D eigenvalue weighted by Crippen LogP contribution is -2.45. The highest BCUT2D eigenvalue weighted by molar-refractivity contribution is 5.93. The standard InChI is InChI=1S/C5H3N3O2/c9-4-6-5(10)8-3-1-2-7(4)8/h1-3H/p+1. The van der Waals surface area contributed by atoms with Gasteiger partial charge in [0.05, 0.1) is 6.20 Å². The molecule has 1 aromatic heterocycles. The van der Waals surface area contributed by atoms with Gasteiger partial charge in [-0.25, -0.2) is 4.79 Å². The van der Waals surface area contributed by atoms with Crippen molar-refractivity contribution in [3.05, 3.63) is 18.5 Å². The van der Waals surface area contributed by atoms with Crippen molar-refractivity contribution in [3.8, 4) is 0 Å². The van der Waals surface area contributed by atoms with Crippen molar-refractivity contribution in [2.24, 2.45) is 0 Å². The van der Waals surface area contributed by atoms with Gasteiger partial charge in [-0.1, -0.05) is 4.68 Å². The molecule has 1 aliphatic rings. The number of nitrogens with zero attached hydrogens (tertiary/aromatic N) is 2. The maximum absolute atomic E-state index is 10.7. The summed E-state index contributed by atoms with van der Waals surface area (Å²) in [7, 11) is 0. The van der Waals surface area contributed by atoms with Crippen LogP contribution in [0.2, 0.25) is 0 Å². The smallest absolute Gasteiger partial charge is 0.216 e. The number of hydrogen-bond acceptors (Lipinski definition) is 2. The van der Waals surface area contributed by atoms with E-state index in [4.69, 9.17) is 0 Å². The Kier molecular flexibility index (Phi) is 0.743. The molecule has 0 fully saturated rings. The number of nitrogens with one attached hydrogen (secondary N) is 1. The van der Waals surface area contributed by atoms with Gasteiger partial charge in [-0.15, -0.1) is 10.00 Å². The molecule has 0 unspecified atom stereocenters. The average molecular weight is 138 g/mol. The number of carbonyl (C=O) groups is 2. The lowest BCUT2D eigenvalue weighted by atomic mass is 10.7. The summed E-state index contributed by atoms with van der Waals surface area (Å²) in [5.41, 5.74) is 0. The van der Waals surface area contributed by atoms with Crippen molar-refractivity contribution in [1.29, 1.82) is 0 Å². The van der Waals surface area contributed by atoms with Crippen LogP contribution in [0.1, 0.15) is 0 Å². The topological polar surface area (TPSA) is 55.0 Å². The molecular formula is C5H4N3O2+. The highest BCUT2D eigenvalue weighted by Crippen LogP contribution is 1.87. The number of fused-ring (bicyclic) bond motifs is 1. The quantitative estimate of drug-likeness (QED) is 0.482. The Bertz CT molecular complexity index is 286. The molecule has 0 radical (unpaired) electrons. The zero-order valence-electron chi connectivity index (χ0n) is 4.94. The number of rotatable bonds is 0. The van der Waals surface area contributed by atoms with Gasteiger partial charge < -0.3 is 0 Å². The van der Waals surface area contributed by atoms with Crippen molar-refractivity contribution in [2.75, 3.05) is 0 Å². The summed E-state index contributed by atoms with van der Waals surface area (Å²) in [6.07, 6.45) is 3.03. The van der Waals surface area contributed by atoms with Gasteiger partial charge in [0.2, 0.25) is 0 Å². The highest BCUT2D eigenvalue weighted by Gasteiger charge is 2.33. The Balaban J connectivity index is 2.69. The van der Waals surface area contributed by atoms with Crippen LogP contribution in [-0.4, -0.2) is 16.7 Å². The summed E-state index contributed by atoms with van der Waals surface area (Å²) in [6.45, 7) is 0. The first-order chi connectivity index (χ1) is 4.79. The van der Waals surface area contributed by atoms with Crippen LogP contribution in [0.4, 0.5) is 9.59 Å². The minimum absolute atomic E-state index is 0.407. The second kappa shape index (κ2) is 1.44. The maximum atomic E-state index is 10.7. The van der Waals surface area contributed by atoms with E-state index in [0.29, 0.717) is 0 Å². The van der Waals surface area contributed by atoms with Gasteiger partial charge in [0.1, 0.15) is 6.20 Å². The van der Waals surface area contributed by atoms with Crippen LogP contribution < -0.4 is 10.00 Å². The van der Waals surface area contributed by atoms with E-state index in [1.165, 1.54) is 21.8 Å². The molecule has 10 heavy (non-hydrogen) atoms. The molecule has 0 bridgehead atoms. The number of hydrogen-bond donors (Lipinski definition) is 1. The largest absolute Gasteiger partial charge is 0.524 e. The third kappa shape index (κ3) is 0.439. The van der Waals surface area contributed by atoms with Crippen LogP contribution in [0, 0.1) is 0 Å². The van der Waals surface area contributed by atoms with Gasteiger partial charge in [-0.2, -0.15) is 4.79 Å². The normalized spacial score (nSPS) is 15.2. The lowest BCUT2D eigenvalue weighted by Gasteiger charge is -1.78. The summed E-state index contributed by atoms with van der Waals surface area (Å²) in [5, 5.41) is 2.11. The molecule has 0 aromatic carbocycles. The molecule has 0 saturated carbocycles. The average Bonchev–Trinajstić information content (AvgIpc) is 2.39. The first-order valence-electron chi connectivity index (χ1n) is 2.74. The van der Waals surface area contributed by atoms with Crippen molar-refractivity contribution in [2.45, 2.75) is 0 Å². The van der Waals surface area contributed by atoms with Crippen LogP contribution in [-0.2, 0) is 0 Å². The fourth-order valence-corrected chi connectivity index (χ4v) is 0.882. The zero-order chi connectivity index (χ0) is 7.14. The predicted molar refractivity (Wildman–Crippen MR) is 29.4 cm³/mol. The minimum Gasteiger partial charge on any atom is -0.216 e. The molecule has 0 aliphatic carbocycles.